The molecule has 12 heteroatoms. The summed E-state index contributed by atoms with van der Waals surface area (Å²) in [5.41, 5.74) is 6.12. The van der Waals surface area contributed by atoms with Crippen molar-refractivity contribution in [1.29, 1.82) is 0 Å². The number of hydrogen-bond acceptors (Lipinski definition) is 8. The molecule has 1 saturated carbocycles. The number of fused-ring (bicyclic) bond motifs is 1. The Labute approximate surface area is 236 Å². The third-order valence-corrected chi connectivity index (χ3v) is 7.13. The van der Waals surface area contributed by atoms with Gasteiger partial charge in [0.15, 0.2) is 12.2 Å². The fourth-order valence-corrected chi connectivity index (χ4v) is 4.54. The van der Waals surface area contributed by atoms with Crippen LogP contribution >= 0.6 is 11.6 Å². The second-order valence-corrected chi connectivity index (χ2v) is 10.3. The van der Waals surface area contributed by atoms with Gasteiger partial charge >= 0.3 is 11.9 Å². The zero-order valence-corrected chi connectivity index (χ0v) is 22.6. The quantitative estimate of drug-likeness (QED) is 0.192. The van der Waals surface area contributed by atoms with Crippen LogP contribution in [0.3, 0.4) is 0 Å². The number of carboxylic acids is 2. The number of hydrogen-bond donors (Lipinski definition) is 7. The van der Waals surface area contributed by atoms with Gasteiger partial charge in [0.2, 0.25) is 0 Å². The molecule has 1 aliphatic carbocycles. The van der Waals surface area contributed by atoms with Gasteiger partial charge in [-0.1, -0.05) is 29.8 Å². The van der Waals surface area contributed by atoms with Gasteiger partial charge in [0, 0.05) is 25.4 Å². The van der Waals surface area contributed by atoms with Crippen LogP contribution in [0.15, 0.2) is 48.7 Å². The number of aliphatic hydroxyl groups excluding tert-OH is 2. The van der Waals surface area contributed by atoms with Crippen LogP contribution in [0.5, 0.6) is 0 Å². The van der Waals surface area contributed by atoms with Gasteiger partial charge in [0.1, 0.15) is 5.82 Å². The van der Waals surface area contributed by atoms with Gasteiger partial charge in [-0.05, 0) is 79.6 Å². The van der Waals surface area contributed by atoms with E-state index in [-0.39, 0.29) is 0 Å². The SMILES string of the molecule is Clc1ccc2c(c1NCc1ccc(-n3ccc(NCC4CC4)n3)cc1)CCNCC2.O=C(O)C(O)C(O)C(=O)O. The summed E-state index contributed by atoms with van der Waals surface area (Å²) in [5, 5.41) is 48.4. The lowest BCUT2D eigenvalue weighted by molar-refractivity contribution is -0.165. The average molecular weight is 572 g/mol. The van der Waals surface area contributed by atoms with Gasteiger partial charge < -0.3 is 36.4 Å². The molecule has 1 fully saturated rings. The minimum Gasteiger partial charge on any atom is -0.479 e. The highest BCUT2D eigenvalue weighted by molar-refractivity contribution is 6.33. The Kier molecular flexibility index (Phi) is 9.99. The first-order valence-corrected chi connectivity index (χ1v) is 13.6. The van der Waals surface area contributed by atoms with E-state index in [9.17, 15) is 9.59 Å². The predicted molar refractivity (Wildman–Crippen MR) is 151 cm³/mol. The van der Waals surface area contributed by atoms with Crippen molar-refractivity contribution >= 4 is 35.0 Å². The molecule has 1 aliphatic heterocycles. The van der Waals surface area contributed by atoms with Crippen LogP contribution in [0.25, 0.3) is 5.69 Å². The first-order valence-electron chi connectivity index (χ1n) is 13.2. The molecular weight excluding hydrogens is 538 g/mol. The van der Waals surface area contributed by atoms with Crippen molar-refractivity contribution in [3.05, 3.63) is 70.4 Å². The van der Waals surface area contributed by atoms with Crippen molar-refractivity contribution in [3.8, 4) is 5.69 Å². The predicted octanol–water partition coefficient (Wildman–Crippen LogP) is 2.53. The first-order chi connectivity index (χ1) is 19.2. The molecule has 5 rings (SSSR count). The van der Waals surface area contributed by atoms with Crippen molar-refractivity contribution in [3.63, 3.8) is 0 Å². The normalized spacial score (nSPS) is 16.0. The fourth-order valence-electron chi connectivity index (χ4n) is 4.29. The van der Waals surface area contributed by atoms with E-state index in [1.54, 1.807) is 0 Å². The highest BCUT2D eigenvalue weighted by atomic mass is 35.5. The summed E-state index contributed by atoms with van der Waals surface area (Å²) in [6, 6.07) is 14.8. The monoisotopic (exact) mass is 571 g/mol. The standard InChI is InChI=1S/C24H28ClN5.C4H6O6/c25-22-8-5-19-9-12-26-13-10-21(19)24(22)28-16-18-3-6-20(7-4-18)30-14-11-23(29-30)27-15-17-1-2-17;5-1(3(7)8)2(6)4(9)10/h3-8,11,14,17,26,28H,1-2,9-10,12-13,15-16H2,(H,27,29);1-2,5-6H,(H,7,8)(H,9,10). The summed E-state index contributed by atoms with van der Waals surface area (Å²) >= 11 is 6.54. The van der Waals surface area contributed by atoms with Crippen LogP contribution in [0.4, 0.5) is 11.5 Å². The Morgan fingerprint density at radius 3 is 2.30 bits per heavy atom. The largest absolute Gasteiger partial charge is 0.479 e. The van der Waals surface area contributed by atoms with E-state index in [0.29, 0.717) is 0 Å². The van der Waals surface area contributed by atoms with Crippen LogP contribution in [0.2, 0.25) is 5.02 Å². The number of nitrogens with one attached hydrogen (secondary N) is 3. The second kappa shape index (κ2) is 13.6. The van der Waals surface area contributed by atoms with Crippen LogP contribution in [-0.2, 0) is 29.0 Å². The van der Waals surface area contributed by atoms with Crippen molar-refractivity contribution in [2.24, 2.45) is 5.92 Å². The number of aliphatic hydroxyl groups is 2. The molecule has 2 atom stereocenters. The molecule has 2 unspecified atom stereocenters. The Hall–Kier alpha value is -3.64. The van der Waals surface area contributed by atoms with Crippen LogP contribution in [0.1, 0.15) is 29.5 Å². The van der Waals surface area contributed by atoms with Gasteiger partial charge in [-0.25, -0.2) is 14.3 Å². The first kappa shape index (κ1) is 29.3. The highest BCUT2D eigenvalue weighted by Crippen LogP contribution is 2.31. The number of halogens is 1. The maximum Gasteiger partial charge on any atom is 0.335 e. The number of benzene rings is 2. The van der Waals surface area contributed by atoms with E-state index in [1.807, 2.05) is 23.0 Å². The fraction of sp³-hybridized carbons (Fsp3) is 0.393. The van der Waals surface area contributed by atoms with Gasteiger partial charge in [0.05, 0.1) is 16.4 Å². The molecule has 0 amide bonds. The topological polar surface area (TPSA) is 169 Å². The molecule has 1 aromatic heterocycles. The molecule has 0 bridgehead atoms. The smallest absolute Gasteiger partial charge is 0.335 e. The molecule has 214 valence electrons. The Balaban J connectivity index is 0.000000318. The summed E-state index contributed by atoms with van der Waals surface area (Å²) in [5.74, 6) is -1.75. The maximum absolute atomic E-state index is 9.77. The molecule has 7 N–H and O–H groups in total. The highest BCUT2D eigenvalue weighted by Gasteiger charge is 2.29. The lowest BCUT2D eigenvalue weighted by Crippen LogP contribution is -2.39. The zero-order chi connectivity index (χ0) is 28.6. The number of anilines is 2. The number of carbonyl (C=O) groups is 2. The summed E-state index contributed by atoms with van der Waals surface area (Å²) in [6.45, 7) is 3.81. The third kappa shape index (κ3) is 7.95. The minimum absolute atomic E-state index is 0.747. The molecule has 40 heavy (non-hydrogen) atoms. The Bertz CT molecular complexity index is 1290. The maximum atomic E-state index is 9.77. The molecule has 2 aromatic carbocycles. The van der Waals surface area contributed by atoms with E-state index in [0.717, 1.165) is 67.2 Å². The summed E-state index contributed by atoms with van der Waals surface area (Å²) < 4.78 is 1.92. The summed E-state index contributed by atoms with van der Waals surface area (Å²) in [7, 11) is 0. The van der Waals surface area contributed by atoms with Gasteiger partial charge in [-0.2, -0.15) is 5.10 Å². The van der Waals surface area contributed by atoms with E-state index in [2.05, 4.69) is 51.4 Å². The zero-order valence-electron chi connectivity index (χ0n) is 21.9. The van der Waals surface area contributed by atoms with E-state index >= 15 is 0 Å². The van der Waals surface area contributed by atoms with Crippen LogP contribution in [-0.4, -0.2) is 74.0 Å². The van der Waals surface area contributed by atoms with E-state index in [4.69, 9.17) is 32.0 Å². The Morgan fingerprint density at radius 2 is 1.65 bits per heavy atom. The lowest BCUT2D eigenvalue weighted by atomic mass is 10.0. The molecule has 3 aromatic rings. The lowest BCUT2D eigenvalue weighted by Gasteiger charge is -2.16. The molecule has 0 spiro atoms. The summed E-state index contributed by atoms with van der Waals surface area (Å²) in [6.07, 6.45) is 2.23. The Morgan fingerprint density at radius 1 is 0.975 bits per heavy atom. The van der Waals surface area contributed by atoms with Crippen molar-refractivity contribution in [2.75, 3.05) is 30.3 Å². The van der Waals surface area contributed by atoms with Crippen molar-refractivity contribution < 1.29 is 30.0 Å². The van der Waals surface area contributed by atoms with Crippen LogP contribution in [0, 0.1) is 5.92 Å². The number of aromatic nitrogens is 2. The minimum atomic E-state index is -2.27. The molecule has 11 nitrogen and oxygen atoms in total. The second-order valence-electron chi connectivity index (χ2n) is 9.87. The number of carboxylic acid groups (broad SMARTS) is 2. The van der Waals surface area contributed by atoms with Crippen molar-refractivity contribution in [2.45, 2.75) is 44.4 Å². The summed E-state index contributed by atoms with van der Waals surface area (Å²) in [4.78, 5) is 19.5. The van der Waals surface area contributed by atoms with E-state index < -0.39 is 24.1 Å². The average Bonchev–Trinajstić information content (AvgIpc) is 3.71. The van der Waals surface area contributed by atoms with E-state index in [1.165, 1.54) is 29.5 Å². The number of rotatable bonds is 10. The number of aliphatic carboxylic acids is 2. The van der Waals surface area contributed by atoms with Crippen LogP contribution < -0.4 is 16.0 Å². The molecule has 2 heterocycles. The van der Waals surface area contributed by atoms with Gasteiger partial charge in [0.25, 0.3) is 0 Å². The molecule has 2 aliphatic rings. The molecule has 0 radical (unpaired) electrons. The van der Waals surface area contributed by atoms with Gasteiger partial charge in [-0.15, -0.1) is 0 Å². The van der Waals surface area contributed by atoms with Crippen molar-refractivity contribution in [1.82, 2.24) is 15.1 Å². The third-order valence-electron chi connectivity index (χ3n) is 6.82. The molecular formula is C28H34ClN5O6. The van der Waals surface area contributed by atoms with Gasteiger partial charge in [-0.3, -0.25) is 0 Å². The number of nitrogens with zero attached hydrogens (tertiary/aromatic N) is 2. The molecule has 0 saturated heterocycles.